The zero-order chi connectivity index (χ0) is 13.6. The fraction of sp³-hybridized carbons (Fsp3) is 0.909. The highest BCUT2D eigenvalue weighted by Gasteiger charge is 2.25. The first-order valence-corrected chi connectivity index (χ1v) is 8.66. The lowest BCUT2D eigenvalue weighted by molar-refractivity contribution is -0.134. The summed E-state index contributed by atoms with van der Waals surface area (Å²) in [4.78, 5) is 13.7. The van der Waals surface area contributed by atoms with Crippen molar-refractivity contribution in [3.05, 3.63) is 0 Å². The minimum atomic E-state index is -3.15. The van der Waals surface area contributed by atoms with Gasteiger partial charge in [-0.3, -0.25) is 4.79 Å². The van der Waals surface area contributed by atoms with Gasteiger partial charge >= 0.3 is 0 Å². The molecule has 1 fully saturated rings. The number of hydrogen-bond acceptors (Lipinski definition) is 3. The zero-order valence-electron chi connectivity index (χ0n) is 10.7. The summed E-state index contributed by atoms with van der Waals surface area (Å²) in [7, 11) is -3.15. The average molecular weight is 297 g/mol. The van der Waals surface area contributed by atoms with E-state index in [2.05, 4.69) is 4.72 Å². The molecular formula is C11H21ClN2O3S. The van der Waals surface area contributed by atoms with Crippen LogP contribution >= 0.6 is 11.6 Å². The second kappa shape index (κ2) is 7.31. The van der Waals surface area contributed by atoms with Crippen molar-refractivity contribution < 1.29 is 13.2 Å². The Labute approximate surface area is 114 Å². The van der Waals surface area contributed by atoms with E-state index in [1.54, 1.807) is 0 Å². The predicted molar refractivity (Wildman–Crippen MR) is 72.2 cm³/mol. The molecular weight excluding hydrogens is 276 g/mol. The van der Waals surface area contributed by atoms with Crippen molar-refractivity contribution in [2.45, 2.75) is 38.1 Å². The summed E-state index contributed by atoms with van der Waals surface area (Å²) < 4.78 is 24.4. The SMILES string of the molecule is CS(=O)(=O)NCCC1CCCCN1C(=O)CCCl. The third kappa shape index (κ3) is 5.54. The molecule has 1 amide bonds. The van der Waals surface area contributed by atoms with E-state index in [0.29, 0.717) is 25.3 Å². The van der Waals surface area contributed by atoms with Gasteiger partial charge in [0.05, 0.1) is 6.26 Å². The van der Waals surface area contributed by atoms with Crippen LogP contribution in [0.5, 0.6) is 0 Å². The van der Waals surface area contributed by atoms with Crippen LogP contribution in [-0.2, 0) is 14.8 Å². The summed E-state index contributed by atoms with van der Waals surface area (Å²) in [5, 5.41) is 0. The van der Waals surface area contributed by atoms with E-state index in [-0.39, 0.29) is 11.9 Å². The van der Waals surface area contributed by atoms with Crippen LogP contribution in [-0.4, -0.2) is 50.5 Å². The number of hydrogen-bond donors (Lipinski definition) is 1. The molecule has 7 heteroatoms. The number of carbonyl (C=O) groups is 1. The van der Waals surface area contributed by atoms with Gasteiger partial charge in [-0.25, -0.2) is 13.1 Å². The first-order valence-electron chi connectivity index (χ1n) is 6.24. The molecule has 1 N–H and O–H groups in total. The minimum absolute atomic E-state index is 0.0778. The van der Waals surface area contributed by atoms with Crippen LogP contribution in [0.2, 0.25) is 0 Å². The van der Waals surface area contributed by atoms with E-state index in [1.807, 2.05) is 4.90 Å². The second-order valence-corrected chi connectivity index (χ2v) is 6.84. The molecule has 1 saturated heterocycles. The summed E-state index contributed by atoms with van der Waals surface area (Å²) >= 11 is 5.59. The van der Waals surface area contributed by atoms with Gasteiger partial charge in [-0.2, -0.15) is 0 Å². The highest BCUT2D eigenvalue weighted by atomic mass is 35.5. The van der Waals surface area contributed by atoms with Gasteiger partial charge in [-0.05, 0) is 25.7 Å². The fourth-order valence-electron chi connectivity index (χ4n) is 2.26. The van der Waals surface area contributed by atoms with E-state index < -0.39 is 10.0 Å². The van der Waals surface area contributed by atoms with E-state index in [0.717, 1.165) is 32.1 Å². The predicted octanol–water partition coefficient (Wildman–Crippen LogP) is 0.936. The molecule has 0 aromatic carbocycles. The first-order chi connectivity index (χ1) is 8.44. The molecule has 0 aromatic heterocycles. The van der Waals surface area contributed by atoms with Crippen LogP contribution in [0.25, 0.3) is 0 Å². The van der Waals surface area contributed by atoms with Crippen molar-refractivity contribution in [1.29, 1.82) is 0 Å². The molecule has 1 aliphatic heterocycles. The van der Waals surface area contributed by atoms with E-state index in [4.69, 9.17) is 11.6 Å². The van der Waals surface area contributed by atoms with E-state index in [9.17, 15) is 13.2 Å². The molecule has 0 spiro atoms. The molecule has 0 aliphatic carbocycles. The number of sulfonamides is 1. The molecule has 1 rings (SSSR count). The first kappa shape index (κ1) is 15.7. The molecule has 5 nitrogen and oxygen atoms in total. The highest BCUT2D eigenvalue weighted by molar-refractivity contribution is 7.88. The third-order valence-electron chi connectivity index (χ3n) is 3.10. The molecule has 0 saturated carbocycles. The summed E-state index contributed by atoms with van der Waals surface area (Å²) in [5.41, 5.74) is 0. The average Bonchev–Trinajstić information content (AvgIpc) is 2.28. The monoisotopic (exact) mass is 296 g/mol. The maximum absolute atomic E-state index is 11.9. The van der Waals surface area contributed by atoms with E-state index in [1.165, 1.54) is 0 Å². The van der Waals surface area contributed by atoms with E-state index >= 15 is 0 Å². The third-order valence-corrected chi connectivity index (χ3v) is 4.02. The molecule has 106 valence electrons. The Bertz CT molecular complexity index is 372. The van der Waals surface area contributed by atoms with Crippen LogP contribution < -0.4 is 4.72 Å². The molecule has 1 heterocycles. The zero-order valence-corrected chi connectivity index (χ0v) is 12.3. The van der Waals surface area contributed by atoms with Crippen LogP contribution in [0.15, 0.2) is 0 Å². The number of nitrogens with one attached hydrogen (secondary N) is 1. The van der Waals surface area contributed by atoms with Crippen molar-refractivity contribution in [3.8, 4) is 0 Å². The standard InChI is InChI=1S/C11H21ClN2O3S/c1-18(16,17)13-8-6-10-4-2-3-9-14(10)11(15)5-7-12/h10,13H,2-9H2,1H3. The van der Waals surface area contributed by atoms with Gasteiger partial charge in [-0.1, -0.05) is 0 Å². The Morgan fingerprint density at radius 1 is 1.44 bits per heavy atom. The maximum Gasteiger partial charge on any atom is 0.224 e. The van der Waals surface area contributed by atoms with Crippen LogP contribution in [0.4, 0.5) is 0 Å². The number of carbonyl (C=O) groups excluding carboxylic acids is 1. The van der Waals surface area contributed by atoms with Gasteiger partial charge in [0.25, 0.3) is 0 Å². The fourth-order valence-corrected chi connectivity index (χ4v) is 2.91. The molecule has 0 radical (unpaired) electrons. The second-order valence-electron chi connectivity index (χ2n) is 4.63. The number of halogens is 1. The molecule has 0 bridgehead atoms. The Kier molecular flexibility index (Phi) is 6.38. The van der Waals surface area contributed by atoms with Gasteiger partial charge in [0.15, 0.2) is 0 Å². The van der Waals surface area contributed by atoms with Crippen LogP contribution in [0, 0.1) is 0 Å². The summed E-state index contributed by atoms with van der Waals surface area (Å²) in [6.45, 7) is 1.15. The van der Waals surface area contributed by atoms with Crippen molar-refractivity contribution in [1.82, 2.24) is 9.62 Å². The Morgan fingerprint density at radius 2 is 2.17 bits per heavy atom. The number of rotatable bonds is 6. The molecule has 0 aromatic rings. The van der Waals surface area contributed by atoms with Gasteiger partial charge in [0.2, 0.25) is 15.9 Å². The normalized spacial score (nSPS) is 21.0. The minimum Gasteiger partial charge on any atom is -0.340 e. The molecule has 1 atom stereocenters. The number of piperidine rings is 1. The van der Waals surface area contributed by atoms with Gasteiger partial charge in [0.1, 0.15) is 0 Å². The summed E-state index contributed by atoms with van der Waals surface area (Å²) in [6.07, 6.45) is 5.22. The Balaban J connectivity index is 2.47. The lowest BCUT2D eigenvalue weighted by Crippen LogP contribution is -2.45. The molecule has 1 aliphatic rings. The number of amides is 1. The van der Waals surface area contributed by atoms with Crippen molar-refractivity contribution in [2.24, 2.45) is 0 Å². The quantitative estimate of drug-likeness (QED) is 0.742. The van der Waals surface area contributed by atoms with Gasteiger partial charge in [-0.15, -0.1) is 11.6 Å². The Hall–Kier alpha value is -0.330. The Morgan fingerprint density at radius 3 is 2.78 bits per heavy atom. The smallest absolute Gasteiger partial charge is 0.224 e. The number of nitrogens with zero attached hydrogens (tertiary/aromatic N) is 1. The topological polar surface area (TPSA) is 66.5 Å². The molecule has 18 heavy (non-hydrogen) atoms. The number of likely N-dealkylation sites (tertiary alicyclic amines) is 1. The lowest BCUT2D eigenvalue weighted by Gasteiger charge is -2.36. The lowest BCUT2D eigenvalue weighted by atomic mass is 9.99. The van der Waals surface area contributed by atoms with Crippen LogP contribution in [0.3, 0.4) is 0 Å². The van der Waals surface area contributed by atoms with Crippen molar-refractivity contribution in [3.63, 3.8) is 0 Å². The van der Waals surface area contributed by atoms with Gasteiger partial charge in [0, 0.05) is 31.4 Å². The highest BCUT2D eigenvalue weighted by Crippen LogP contribution is 2.20. The summed E-state index contributed by atoms with van der Waals surface area (Å²) in [6, 6.07) is 0.142. The van der Waals surface area contributed by atoms with Crippen molar-refractivity contribution >= 4 is 27.5 Å². The van der Waals surface area contributed by atoms with Crippen molar-refractivity contribution in [2.75, 3.05) is 25.2 Å². The number of alkyl halides is 1. The molecule has 1 unspecified atom stereocenters. The van der Waals surface area contributed by atoms with Gasteiger partial charge < -0.3 is 4.90 Å². The largest absolute Gasteiger partial charge is 0.340 e. The maximum atomic E-state index is 11.9. The van der Waals surface area contributed by atoms with Crippen LogP contribution in [0.1, 0.15) is 32.1 Å². The summed E-state index contributed by atoms with van der Waals surface area (Å²) in [5.74, 6) is 0.415.